The highest BCUT2D eigenvalue weighted by Gasteiger charge is 2.10. The smallest absolute Gasteiger partial charge is 0.262 e. The van der Waals surface area contributed by atoms with Crippen LogP contribution in [0.1, 0.15) is 0 Å². The quantitative estimate of drug-likeness (QED) is 0.669. The molecule has 8 heteroatoms. The van der Waals surface area contributed by atoms with Gasteiger partial charge in [-0.3, -0.25) is 4.79 Å². The molecule has 0 saturated heterocycles. The number of hydrogen-bond donors (Lipinski definition) is 2. The van der Waals surface area contributed by atoms with Crippen LogP contribution in [0.15, 0.2) is 40.9 Å². The third-order valence-electron chi connectivity index (χ3n) is 2.93. The van der Waals surface area contributed by atoms with Crippen molar-refractivity contribution < 1.29 is 9.53 Å². The number of thiazole rings is 1. The molecule has 3 N–H and O–H groups in total. The lowest BCUT2D eigenvalue weighted by atomic mass is 10.3. The van der Waals surface area contributed by atoms with E-state index in [0.717, 1.165) is 9.17 Å². The molecule has 0 aliphatic heterocycles. The number of hydrogen-bond acceptors (Lipinski definition) is 5. The first-order valence-corrected chi connectivity index (χ1v) is 8.54. The molecule has 0 unspecified atom stereocenters. The predicted octanol–water partition coefficient (Wildman–Crippen LogP) is 4.31. The number of fused-ring (bicyclic) bond motifs is 1. The molecule has 0 atom stereocenters. The molecule has 118 valence electrons. The van der Waals surface area contributed by atoms with Crippen molar-refractivity contribution in [3.05, 3.63) is 45.9 Å². The summed E-state index contributed by atoms with van der Waals surface area (Å²) in [7, 11) is 0. The second kappa shape index (κ2) is 6.74. The number of ether oxygens (including phenoxy) is 1. The molecule has 0 radical (unpaired) electrons. The number of nitrogen functional groups attached to an aromatic ring is 1. The summed E-state index contributed by atoms with van der Waals surface area (Å²) in [5.41, 5.74) is 6.89. The minimum atomic E-state index is -0.277. The standard InChI is InChI=1S/C15H11BrClN3O2S/c16-8-1-3-10(4-2-8)22-7-13(21)19-9-5-11(17)14-12(6-9)23-15(18)20-14/h1-6H,7H2,(H2,18,20)(H,19,21). The van der Waals surface area contributed by atoms with Crippen LogP contribution in [0.4, 0.5) is 10.8 Å². The Morgan fingerprint density at radius 3 is 2.83 bits per heavy atom. The molecule has 0 aliphatic rings. The molecule has 0 spiro atoms. The van der Waals surface area contributed by atoms with Crippen LogP contribution in [0.3, 0.4) is 0 Å². The SMILES string of the molecule is Nc1nc2c(Cl)cc(NC(=O)COc3ccc(Br)cc3)cc2s1. The second-order valence-electron chi connectivity index (χ2n) is 4.65. The Morgan fingerprint density at radius 1 is 1.35 bits per heavy atom. The van der Waals surface area contributed by atoms with Crippen molar-refractivity contribution in [2.45, 2.75) is 0 Å². The van der Waals surface area contributed by atoms with Gasteiger partial charge in [0, 0.05) is 10.2 Å². The topological polar surface area (TPSA) is 77.2 Å². The summed E-state index contributed by atoms with van der Waals surface area (Å²) in [4.78, 5) is 16.1. The van der Waals surface area contributed by atoms with Crippen LogP contribution in [0, 0.1) is 0 Å². The number of benzene rings is 2. The number of nitrogens with two attached hydrogens (primary N) is 1. The molecular formula is C15H11BrClN3O2S. The molecule has 1 amide bonds. The van der Waals surface area contributed by atoms with Gasteiger partial charge < -0.3 is 15.8 Å². The zero-order chi connectivity index (χ0) is 16.4. The minimum Gasteiger partial charge on any atom is -0.484 e. The Morgan fingerprint density at radius 2 is 2.09 bits per heavy atom. The predicted molar refractivity (Wildman–Crippen MR) is 97.3 cm³/mol. The fourth-order valence-electron chi connectivity index (χ4n) is 1.95. The zero-order valence-corrected chi connectivity index (χ0v) is 14.8. The summed E-state index contributed by atoms with van der Waals surface area (Å²) in [6, 6.07) is 10.7. The second-order valence-corrected chi connectivity index (χ2v) is 7.03. The molecule has 3 aromatic rings. The average Bonchev–Trinajstić information content (AvgIpc) is 2.88. The third-order valence-corrected chi connectivity index (χ3v) is 4.58. The van der Waals surface area contributed by atoms with Gasteiger partial charge >= 0.3 is 0 Å². The van der Waals surface area contributed by atoms with Crippen LogP contribution in [-0.4, -0.2) is 17.5 Å². The van der Waals surface area contributed by atoms with Crippen molar-refractivity contribution in [2.75, 3.05) is 17.7 Å². The van der Waals surface area contributed by atoms with Crippen molar-refractivity contribution in [1.29, 1.82) is 0 Å². The monoisotopic (exact) mass is 411 g/mol. The number of rotatable bonds is 4. The number of carbonyl (C=O) groups excluding carboxylic acids is 1. The van der Waals surface area contributed by atoms with E-state index in [4.69, 9.17) is 22.1 Å². The van der Waals surface area contributed by atoms with E-state index in [1.807, 2.05) is 12.1 Å². The van der Waals surface area contributed by atoms with Gasteiger partial charge in [0.15, 0.2) is 11.7 Å². The molecule has 23 heavy (non-hydrogen) atoms. The lowest BCUT2D eigenvalue weighted by molar-refractivity contribution is -0.118. The lowest BCUT2D eigenvalue weighted by Gasteiger charge is -2.08. The van der Waals surface area contributed by atoms with Crippen LogP contribution in [0.2, 0.25) is 5.02 Å². The Balaban J connectivity index is 1.66. The fraction of sp³-hybridized carbons (Fsp3) is 0.0667. The van der Waals surface area contributed by atoms with Gasteiger partial charge in [-0.25, -0.2) is 4.98 Å². The van der Waals surface area contributed by atoms with Gasteiger partial charge in [-0.1, -0.05) is 38.9 Å². The number of amides is 1. The highest BCUT2D eigenvalue weighted by Crippen LogP contribution is 2.32. The lowest BCUT2D eigenvalue weighted by Crippen LogP contribution is -2.20. The van der Waals surface area contributed by atoms with Crippen molar-refractivity contribution in [2.24, 2.45) is 0 Å². The van der Waals surface area contributed by atoms with E-state index in [-0.39, 0.29) is 12.5 Å². The first-order chi connectivity index (χ1) is 11.0. The van der Waals surface area contributed by atoms with E-state index in [2.05, 4.69) is 26.2 Å². The number of halogens is 2. The molecule has 5 nitrogen and oxygen atoms in total. The van der Waals surface area contributed by atoms with E-state index in [1.54, 1.807) is 24.3 Å². The highest BCUT2D eigenvalue weighted by molar-refractivity contribution is 9.10. The van der Waals surface area contributed by atoms with Gasteiger partial charge in [0.2, 0.25) is 0 Å². The van der Waals surface area contributed by atoms with Gasteiger partial charge in [0.25, 0.3) is 5.91 Å². The number of anilines is 2. The maximum atomic E-state index is 12.0. The first kappa shape index (κ1) is 16.0. The van der Waals surface area contributed by atoms with E-state index in [9.17, 15) is 4.79 Å². The summed E-state index contributed by atoms with van der Waals surface area (Å²) >= 11 is 10.8. The van der Waals surface area contributed by atoms with Crippen molar-refractivity contribution >= 4 is 65.8 Å². The van der Waals surface area contributed by atoms with Gasteiger partial charge in [-0.05, 0) is 36.4 Å². The normalized spacial score (nSPS) is 10.7. The van der Waals surface area contributed by atoms with Crippen molar-refractivity contribution in [3.8, 4) is 5.75 Å². The largest absolute Gasteiger partial charge is 0.484 e. The van der Waals surface area contributed by atoms with Crippen molar-refractivity contribution in [3.63, 3.8) is 0 Å². The molecule has 2 aromatic carbocycles. The van der Waals surface area contributed by atoms with Gasteiger partial charge in [-0.2, -0.15) is 0 Å². The van der Waals surface area contributed by atoms with Crippen LogP contribution in [0.5, 0.6) is 5.75 Å². The summed E-state index contributed by atoms with van der Waals surface area (Å²) in [5, 5.41) is 3.62. The maximum Gasteiger partial charge on any atom is 0.262 e. The molecule has 0 saturated carbocycles. The molecule has 0 bridgehead atoms. The van der Waals surface area contributed by atoms with E-state index < -0.39 is 0 Å². The minimum absolute atomic E-state index is 0.0951. The Hall–Kier alpha value is -1.83. The van der Waals surface area contributed by atoms with Gasteiger partial charge in [0.1, 0.15) is 11.3 Å². The summed E-state index contributed by atoms with van der Waals surface area (Å²) in [6.45, 7) is -0.0951. The Labute approximate surface area is 149 Å². The van der Waals surface area contributed by atoms with Crippen LogP contribution in [0.25, 0.3) is 10.2 Å². The molecular weight excluding hydrogens is 402 g/mol. The van der Waals surface area contributed by atoms with Gasteiger partial charge in [-0.15, -0.1) is 0 Å². The average molecular weight is 413 g/mol. The Kier molecular flexibility index (Phi) is 4.70. The highest BCUT2D eigenvalue weighted by atomic mass is 79.9. The van der Waals surface area contributed by atoms with E-state index in [1.165, 1.54) is 11.3 Å². The number of nitrogens with one attached hydrogen (secondary N) is 1. The van der Waals surface area contributed by atoms with Crippen LogP contribution < -0.4 is 15.8 Å². The molecule has 0 fully saturated rings. The van der Waals surface area contributed by atoms with E-state index >= 15 is 0 Å². The molecule has 0 aliphatic carbocycles. The molecule has 3 rings (SSSR count). The van der Waals surface area contributed by atoms with Gasteiger partial charge in [0.05, 0.1) is 9.72 Å². The first-order valence-electron chi connectivity index (χ1n) is 6.55. The molecule has 1 aromatic heterocycles. The third kappa shape index (κ3) is 3.93. The van der Waals surface area contributed by atoms with Crippen LogP contribution >= 0.6 is 38.9 Å². The molecule has 1 heterocycles. The Bertz CT molecular complexity index is 867. The van der Waals surface area contributed by atoms with Crippen LogP contribution in [-0.2, 0) is 4.79 Å². The number of nitrogens with zero attached hydrogens (tertiary/aromatic N) is 1. The summed E-state index contributed by atoms with van der Waals surface area (Å²) < 4.78 is 7.19. The zero-order valence-electron chi connectivity index (χ0n) is 11.7. The maximum absolute atomic E-state index is 12.0. The summed E-state index contributed by atoms with van der Waals surface area (Å²) in [6.07, 6.45) is 0. The van der Waals surface area contributed by atoms with Crippen molar-refractivity contribution in [1.82, 2.24) is 4.98 Å². The van der Waals surface area contributed by atoms with E-state index in [0.29, 0.717) is 27.1 Å². The number of aromatic nitrogens is 1. The number of carbonyl (C=O) groups is 1. The fourth-order valence-corrected chi connectivity index (χ4v) is 3.34. The summed E-state index contributed by atoms with van der Waals surface area (Å²) in [5.74, 6) is 0.341.